The second-order valence-electron chi connectivity index (χ2n) is 7.27. The molecular formula is C25H21ClN4O2S. The molecule has 1 heterocycles. The maximum absolute atomic E-state index is 10.4. The molecule has 0 radical (unpaired) electrons. The van der Waals surface area contributed by atoms with Crippen LogP contribution in [0.2, 0.25) is 5.02 Å². The van der Waals surface area contributed by atoms with Gasteiger partial charge in [0.15, 0.2) is 11.0 Å². The molecule has 0 saturated heterocycles. The summed E-state index contributed by atoms with van der Waals surface area (Å²) in [6, 6.07) is 26.4. The Kier molecular flexibility index (Phi) is 7.63. The van der Waals surface area contributed by atoms with E-state index in [0.29, 0.717) is 39.6 Å². The summed E-state index contributed by atoms with van der Waals surface area (Å²) in [5.74, 6) is 1.66. The summed E-state index contributed by atoms with van der Waals surface area (Å²) in [4.78, 5) is 0. The standard InChI is InChI=1S/C25H21ClN4O2S/c26-23-9-5-4-8-22(23)24-28-29-25(30(24)15-19-6-2-1-3-7-19)33-17-20(31)16-32-21-12-10-18(14-27)11-13-21/h1-13,20,31H,15-17H2. The number of aliphatic hydroxyl groups excluding tert-OH is 1. The number of nitriles is 1. The quantitative estimate of drug-likeness (QED) is 0.340. The van der Waals surface area contributed by atoms with Gasteiger partial charge in [-0.05, 0) is 42.0 Å². The minimum Gasteiger partial charge on any atom is -0.491 e. The Balaban J connectivity index is 1.47. The van der Waals surface area contributed by atoms with Crippen LogP contribution in [0.25, 0.3) is 11.4 Å². The molecule has 1 aromatic heterocycles. The van der Waals surface area contributed by atoms with E-state index >= 15 is 0 Å². The summed E-state index contributed by atoms with van der Waals surface area (Å²) >= 11 is 7.84. The average molecular weight is 477 g/mol. The number of aromatic nitrogens is 3. The molecule has 0 aliphatic rings. The van der Waals surface area contributed by atoms with Crippen LogP contribution in [-0.2, 0) is 6.54 Å². The number of aliphatic hydroxyl groups is 1. The highest BCUT2D eigenvalue weighted by Crippen LogP contribution is 2.30. The monoisotopic (exact) mass is 476 g/mol. The van der Waals surface area contributed by atoms with Crippen LogP contribution in [0.3, 0.4) is 0 Å². The van der Waals surface area contributed by atoms with Gasteiger partial charge in [-0.15, -0.1) is 10.2 Å². The summed E-state index contributed by atoms with van der Waals surface area (Å²) in [6.07, 6.45) is -0.712. The topological polar surface area (TPSA) is 84.0 Å². The van der Waals surface area contributed by atoms with Crippen LogP contribution in [0.4, 0.5) is 0 Å². The number of thioether (sulfide) groups is 1. The van der Waals surface area contributed by atoms with Crippen molar-refractivity contribution in [3.63, 3.8) is 0 Å². The molecule has 0 spiro atoms. The van der Waals surface area contributed by atoms with Crippen molar-refractivity contribution in [1.29, 1.82) is 5.26 Å². The fourth-order valence-electron chi connectivity index (χ4n) is 3.18. The number of nitrogens with zero attached hydrogens (tertiary/aromatic N) is 4. The highest BCUT2D eigenvalue weighted by Gasteiger charge is 2.18. The first-order chi connectivity index (χ1) is 16.1. The van der Waals surface area contributed by atoms with E-state index in [-0.39, 0.29) is 6.61 Å². The maximum atomic E-state index is 10.4. The van der Waals surface area contributed by atoms with E-state index < -0.39 is 6.10 Å². The molecule has 6 nitrogen and oxygen atoms in total. The van der Waals surface area contributed by atoms with E-state index in [4.69, 9.17) is 21.6 Å². The second-order valence-corrected chi connectivity index (χ2v) is 8.66. The molecule has 33 heavy (non-hydrogen) atoms. The molecule has 3 aromatic carbocycles. The van der Waals surface area contributed by atoms with Gasteiger partial charge < -0.3 is 9.84 Å². The van der Waals surface area contributed by atoms with Crippen molar-refractivity contribution < 1.29 is 9.84 Å². The molecule has 0 fully saturated rings. The minimum atomic E-state index is -0.712. The Bertz CT molecular complexity index is 1240. The van der Waals surface area contributed by atoms with Gasteiger partial charge in [-0.3, -0.25) is 4.57 Å². The largest absolute Gasteiger partial charge is 0.491 e. The molecule has 166 valence electrons. The highest BCUT2D eigenvalue weighted by atomic mass is 35.5. The van der Waals surface area contributed by atoms with Gasteiger partial charge in [-0.25, -0.2) is 0 Å². The third-order valence-corrected chi connectivity index (χ3v) is 6.29. The predicted molar refractivity (Wildman–Crippen MR) is 129 cm³/mol. The van der Waals surface area contributed by atoms with Crippen molar-refractivity contribution in [2.24, 2.45) is 0 Å². The van der Waals surface area contributed by atoms with Crippen molar-refractivity contribution in [1.82, 2.24) is 14.8 Å². The highest BCUT2D eigenvalue weighted by molar-refractivity contribution is 7.99. The van der Waals surface area contributed by atoms with Crippen molar-refractivity contribution in [3.05, 3.63) is 95.0 Å². The Morgan fingerprint density at radius 3 is 2.45 bits per heavy atom. The third-order valence-electron chi connectivity index (χ3n) is 4.85. The van der Waals surface area contributed by atoms with Gasteiger partial charge in [0.05, 0.1) is 29.3 Å². The smallest absolute Gasteiger partial charge is 0.191 e. The fourth-order valence-corrected chi connectivity index (χ4v) is 4.25. The Morgan fingerprint density at radius 2 is 1.73 bits per heavy atom. The number of rotatable bonds is 9. The van der Waals surface area contributed by atoms with Crippen LogP contribution in [0.5, 0.6) is 5.75 Å². The van der Waals surface area contributed by atoms with E-state index in [2.05, 4.69) is 16.3 Å². The average Bonchev–Trinajstić information content (AvgIpc) is 3.24. The first kappa shape index (κ1) is 22.9. The van der Waals surface area contributed by atoms with E-state index in [0.717, 1.165) is 11.1 Å². The molecule has 0 aliphatic carbocycles. The molecule has 4 aromatic rings. The van der Waals surface area contributed by atoms with Crippen molar-refractivity contribution in [2.75, 3.05) is 12.4 Å². The summed E-state index contributed by atoms with van der Waals surface area (Å²) < 4.78 is 7.65. The predicted octanol–water partition coefficient (Wildman–Crippen LogP) is 5.05. The first-order valence-electron chi connectivity index (χ1n) is 10.3. The molecule has 1 N–H and O–H groups in total. The van der Waals surface area contributed by atoms with Gasteiger partial charge in [-0.2, -0.15) is 5.26 Å². The van der Waals surface area contributed by atoms with Gasteiger partial charge in [0.25, 0.3) is 0 Å². The van der Waals surface area contributed by atoms with E-state index in [1.807, 2.05) is 59.2 Å². The van der Waals surface area contributed by atoms with Gasteiger partial charge >= 0.3 is 0 Å². The van der Waals surface area contributed by atoms with Gasteiger partial charge in [0.1, 0.15) is 12.4 Å². The van der Waals surface area contributed by atoms with Crippen molar-refractivity contribution >= 4 is 23.4 Å². The molecule has 0 amide bonds. The molecule has 8 heteroatoms. The van der Waals surface area contributed by atoms with Crippen molar-refractivity contribution in [3.8, 4) is 23.2 Å². The van der Waals surface area contributed by atoms with Crippen LogP contribution >= 0.6 is 23.4 Å². The molecule has 0 bridgehead atoms. The summed E-state index contributed by atoms with van der Waals surface area (Å²) in [5.41, 5.74) is 2.47. The zero-order valence-corrected chi connectivity index (χ0v) is 19.2. The number of halogens is 1. The molecular weight excluding hydrogens is 456 g/mol. The first-order valence-corrected chi connectivity index (χ1v) is 11.7. The molecule has 0 saturated carbocycles. The zero-order chi connectivity index (χ0) is 23.0. The Labute approximate surface area is 201 Å². The van der Waals surface area contributed by atoms with Crippen LogP contribution in [0.15, 0.2) is 84.0 Å². The lowest BCUT2D eigenvalue weighted by molar-refractivity contribution is 0.126. The number of ether oxygens (including phenoxy) is 1. The fraction of sp³-hybridized carbons (Fsp3) is 0.160. The normalized spacial score (nSPS) is 11.7. The van der Waals surface area contributed by atoms with E-state index in [9.17, 15) is 5.11 Å². The van der Waals surface area contributed by atoms with E-state index in [1.54, 1.807) is 24.3 Å². The maximum Gasteiger partial charge on any atom is 0.191 e. The summed E-state index contributed by atoms with van der Waals surface area (Å²) in [5, 5.41) is 29.4. The Morgan fingerprint density at radius 1 is 1.00 bits per heavy atom. The lowest BCUT2D eigenvalue weighted by atomic mass is 10.2. The third kappa shape index (κ3) is 5.93. The number of hydrogen-bond acceptors (Lipinski definition) is 6. The van der Waals surface area contributed by atoms with Gasteiger partial charge in [0, 0.05) is 11.3 Å². The van der Waals surface area contributed by atoms with E-state index in [1.165, 1.54) is 11.8 Å². The van der Waals surface area contributed by atoms with Crippen LogP contribution < -0.4 is 4.74 Å². The lowest BCUT2D eigenvalue weighted by Crippen LogP contribution is -2.20. The van der Waals surface area contributed by atoms with Gasteiger partial charge in [0.2, 0.25) is 0 Å². The SMILES string of the molecule is N#Cc1ccc(OCC(O)CSc2nnc(-c3ccccc3Cl)n2Cc2ccccc2)cc1. The van der Waals surface area contributed by atoms with Gasteiger partial charge in [-0.1, -0.05) is 65.8 Å². The number of hydrogen-bond donors (Lipinski definition) is 1. The van der Waals surface area contributed by atoms with Crippen LogP contribution in [0, 0.1) is 11.3 Å². The summed E-state index contributed by atoms with van der Waals surface area (Å²) in [6.45, 7) is 0.706. The lowest BCUT2D eigenvalue weighted by Gasteiger charge is -2.14. The molecule has 1 atom stereocenters. The van der Waals surface area contributed by atoms with Crippen LogP contribution in [0.1, 0.15) is 11.1 Å². The Hall–Kier alpha value is -3.31. The van der Waals surface area contributed by atoms with Crippen molar-refractivity contribution in [2.45, 2.75) is 17.8 Å². The second kappa shape index (κ2) is 11.0. The zero-order valence-electron chi connectivity index (χ0n) is 17.6. The summed E-state index contributed by atoms with van der Waals surface area (Å²) in [7, 11) is 0. The molecule has 1 unspecified atom stereocenters. The minimum absolute atomic E-state index is 0.128. The van der Waals surface area contributed by atoms with Crippen LogP contribution in [-0.4, -0.2) is 38.3 Å². The molecule has 0 aliphatic heterocycles. The molecule has 4 rings (SSSR count). The number of benzene rings is 3.